The van der Waals surface area contributed by atoms with Gasteiger partial charge >= 0.3 is 12.1 Å². The number of anilines is 2. The first-order chi connectivity index (χ1) is 23.6. The molecule has 270 valence electrons. The van der Waals surface area contributed by atoms with Gasteiger partial charge in [-0.15, -0.1) is 0 Å². The Morgan fingerprint density at radius 1 is 1.00 bits per heavy atom. The third kappa shape index (κ3) is 11.3. The number of urea groups is 2. The van der Waals surface area contributed by atoms with Crippen LogP contribution in [0, 0.1) is 5.92 Å². The molecule has 0 saturated heterocycles. The molecule has 1 aliphatic carbocycles. The molecule has 2 aromatic rings. The molecular weight excluding hydrogens is 626 g/mol. The predicted molar refractivity (Wildman–Crippen MR) is 191 cm³/mol. The Hall–Kier alpha value is -4.03. The second-order valence-electron chi connectivity index (χ2n) is 13.5. The highest BCUT2D eigenvalue weighted by molar-refractivity contribution is 5.99. The molecule has 1 aliphatic heterocycles. The number of rotatable bonds is 8. The van der Waals surface area contributed by atoms with Crippen LogP contribution in [0.25, 0.3) is 0 Å². The van der Waals surface area contributed by atoms with E-state index in [-0.39, 0.29) is 55.3 Å². The van der Waals surface area contributed by atoms with Gasteiger partial charge < -0.3 is 45.1 Å². The van der Waals surface area contributed by atoms with Gasteiger partial charge in [0, 0.05) is 50.1 Å². The third-order valence-electron chi connectivity index (χ3n) is 9.39. The number of carbonyl (C=O) groups excluding carboxylic acids is 3. The van der Waals surface area contributed by atoms with E-state index in [4.69, 9.17) is 14.2 Å². The molecule has 2 aromatic carbocycles. The monoisotopic (exact) mass is 681 g/mol. The quantitative estimate of drug-likeness (QED) is 0.264. The number of hydrogen-bond donors (Lipinski definition) is 4. The van der Waals surface area contributed by atoms with Crippen LogP contribution >= 0.6 is 0 Å². The number of ether oxygens (including phenoxy) is 3. The summed E-state index contributed by atoms with van der Waals surface area (Å²) in [6.07, 6.45) is 7.17. The van der Waals surface area contributed by atoms with Crippen LogP contribution in [0.2, 0.25) is 0 Å². The topological polar surface area (TPSA) is 142 Å². The summed E-state index contributed by atoms with van der Waals surface area (Å²) in [5.41, 5.74) is 1.43. The predicted octanol–water partition coefficient (Wildman–Crippen LogP) is 6.11. The van der Waals surface area contributed by atoms with Crippen molar-refractivity contribution in [2.75, 3.05) is 51.1 Å². The summed E-state index contributed by atoms with van der Waals surface area (Å²) in [7, 11) is 3.30. The normalized spacial score (nSPS) is 21.7. The molecule has 1 saturated carbocycles. The standard InChI is InChI=1S/C37H55N5O7/c1-25-22-42(26(2)24-43)35(44)32-21-30(39-36(45)38-28-12-7-6-8-13-28)16-19-33(32)49-27(3)11-9-10-20-48-34(25)23-41(4)37(46)40-29-14-17-31(47-5)18-15-29/h14-19,21,25-28,34,43H,6-13,20,22-24H2,1-5H3,(H,40,46)(H2,38,39,45)/t25-,26+,27+,34-/m1/s1. The fourth-order valence-electron chi connectivity index (χ4n) is 6.31. The summed E-state index contributed by atoms with van der Waals surface area (Å²) in [6.45, 7) is 6.55. The lowest BCUT2D eigenvalue weighted by atomic mass is 9.96. The van der Waals surface area contributed by atoms with E-state index in [1.165, 1.54) is 6.42 Å². The molecular formula is C37H55N5O7. The molecule has 5 amide bonds. The first-order valence-corrected chi connectivity index (χ1v) is 17.7. The SMILES string of the molecule is COc1ccc(NC(=O)N(C)C[C@H]2OCCCC[C@H](C)Oc3ccc(NC(=O)NC4CCCCC4)cc3C(=O)N([C@@H](C)CO)C[C@H]2C)cc1. The number of likely N-dealkylation sites (N-methyl/N-ethyl adjacent to an activating group) is 1. The van der Waals surface area contributed by atoms with Crippen molar-refractivity contribution in [3.8, 4) is 11.5 Å². The van der Waals surface area contributed by atoms with Gasteiger partial charge in [0.15, 0.2) is 0 Å². The van der Waals surface area contributed by atoms with Crippen molar-refractivity contribution in [2.24, 2.45) is 5.92 Å². The fraction of sp³-hybridized carbons (Fsp3) is 0.595. The van der Waals surface area contributed by atoms with E-state index in [2.05, 4.69) is 16.0 Å². The fourth-order valence-corrected chi connectivity index (χ4v) is 6.31. The number of aliphatic hydroxyl groups is 1. The Bertz CT molecular complexity index is 1370. The van der Waals surface area contributed by atoms with Gasteiger partial charge in [-0.05, 0) is 88.4 Å². The van der Waals surface area contributed by atoms with Crippen LogP contribution in [0.5, 0.6) is 11.5 Å². The van der Waals surface area contributed by atoms with Crippen LogP contribution in [0.4, 0.5) is 21.0 Å². The van der Waals surface area contributed by atoms with Crippen molar-refractivity contribution < 1.29 is 33.7 Å². The Balaban J connectivity index is 1.54. The number of nitrogens with one attached hydrogen (secondary N) is 3. The number of hydrogen-bond acceptors (Lipinski definition) is 7. The van der Waals surface area contributed by atoms with Gasteiger partial charge in [-0.3, -0.25) is 4.79 Å². The average molecular weight is 682 g/mol. The number of aliphatic hydroxyl groups excluding tert-OH is 1. The molecule has 49 heavy (non-hydrogen) atoms. The van der Waals surface area contributed by atoms with Crippen LogP contribution in [-0.2, 0) is 4.74 Å². The molecule has 2 aliphatic rings. The summed E-state index contributed by atoms with van der Waals surface area (Å²) >= 11 is 0. The molecule has 0 aromatic heterocycles. The Labute approximate surface area is 290 Å². The van der Waals surface area contributed by atoms with E-state index in [9.17, 15) is 19.5 Å². The van der Waals surface area contributed by atoms with E-state index in [0.29, 0.717) is 41.6 Å². The van der Waals surface area contributed by atoms with E-state index in [1.807, 2.05) is 13.8 Å². The molecule has 0 bridgehead atoms. The number of methoxy groups -OCH3 is 1. The Kier molecular flexibility index (Phi) is 14.4. The van der Waals surface area contributed by atoms with E-state index in [1.54, 1.807) is 73.3 Å². The summed E-state index contributed by atoms with van der Waals surface area (Å²) in [5, 5.41) is 19.1. The summed E-state index contributed by atoms with van der Waals surface area (Å²) in [4.78, 5) is 43.6. The molecule has 0 spiro atoms. The highest BCUT2D eigenvalue weighted by atomic mass is 16.5. The van der Waals surface area contributed by atoms with Gasteiger partial charge in [0.2, 0.25) is 0 Å². The van der Waals surface area contributed by atoms with Gasteiger partial charge in [0.05, 0.1) is 37.5 Å². The molecule has 1 fully saturated rings. The molecule has 4 atom stereocenters. The van der Waals surface area contributed by atoms with Gasteiger partial charge in [-0.25, -0.2) is 9.59 Å². The summed E-state index contributed by atoms with van der Waals surface area (Å²) < 4.78 is 17.9. The maximum atomic E-state index is 14.4. The molecule has 4 rings (SSSR count). The number of nitrogens with zero attached hydrogens (tertiary/aromatic N) is 2. The van der Waals surface area contributed by atoms with Crippen LogP contribution in [0.15, 0.2) is 42.5 Å². The molecule has 12 nitrogen and oxygen atoms in total. The van der Waals surface area contributed by atoms with Crippen molar-refractivity contribution in [2.45, 2.75) is 96.4 Å². The van der Waals surface area contributed by atoms with Crippen LogP contribution in [-0.4, -0.2) is 97.6 Å². The lowest BCUT2D eigenvalue weighted by molar-refractivity contribution is -0.0115. The lowest BCUT2D eigenvalue weighted by Crippen LogP contribution is -2.48. The Morgan fingerprint density at radius 2 is 1.69 bits per heavy atom. The largest absolute Gasteiger partial charge is 0.497 e. The number of fused-ring (bicyclic) bond motifs is 1. The van der Waals surface area contributed by atoms with Crippen molar-refractivity contribution in [3.05, 3.63) is 48.0 Å². The summed E-state index contributed by atoms with van der Waals surface area (Å²) in [5.74, 6) is 0.593. The highest BCUT2D eigenvalue weighted by Crippen LogP contribution is 2.29. The van der Waals surface area contributed by atoms with Crippen LogP contribution in [0.3, 0.4) is 0 Å². The van der Waals surface area contributed by atoms with Gasteiger partial charge in [-0.1, -0.05) is 26.2 Å². The van der Waals surface area contributed by atoms with Crippen LogP contribution in [0.1, 0.15) is 82.5 Å². The zero-order valence-electron chi connectivity index (χ0n) is 29.7. The van der Waals surface area contributed by atoms with Gasteiger partial charge in [0.25, 0.3) is 5.91 Å². The third-order valence-corrected chi connectivity index (χ3v) is 9.39. The van der Waals surface area contributed by atoms with Crippen LogP contribution < -0.4 is 25.4 Å². The number of amides is 5. The van der Waals surface area contributed by atoms with Crippen molar-refractivity contribution in [1.29, 1.82) is 0 Å². The molecule has 12 heteroatoms. The maximum absolute atomic E-state index is 14.4. The number of carbonyl (C=O) groups is 3. The Morgan fingerprint density at radius 3 is 2.39 bits per heavy atom. The van der Waals surface area contributed by atoms with Gasteiger partial charge in [-0.2, -0.15) is 0 Å². The van der Waals surface area contributed by atoms with Crippen molar-refractivity contribution in [1.82, 2.24) is 15.1 Å². The average Bonchev–Trinajstić information content (AvgIpc) is 3.10. The lowest BCUT2D eigenvalue weighted by Gasteiger charge is -2.35. The zero-order chi connectivity index (χ0) is 35.3. The second kappa shape index (κ2) is 18.7. The first kappa shape index (κ1) is 37.8. The minimum Gasteiger partial charge on any atom is -0.497 e. The smallest absolute Gasteiger partial charge is 0.321 e. The molecule has 0 unspecified atom stereocenters. The molecule has 1 heterocycles. The second-order valence-corrected chi connectivity index (χ2v) is 13.5. The molecule has 4 N–H and O–H groups in total. The van der Waals surface area contributed by atoms with Crippen molar-refractivity contribution in [3.63, 3.8) is 0 Å². The minimum absolute atomic E-state index is 0.141. The molecule has 0 radical (unpaired) electrons. The van der Waals surface area contributed by atoms with E-state index in [0.717, 1.165) is 44.9 Å². The van der Waals surface area contributed by atoms with Gasteiger partial charge in [0.1, 0.15) is 11.5 Å². The highest BCUT2D eigenvalue weighted by Gasteiger charge is 2.31. The maximum Gasteiger partial charge on any atom is 0.321 e. The minimum atomic E-state index is -0.518. The van der Waals surface area contributed by atoms with Crippen molar-refractivity contribution >= 4 is 29.3 Å². The first-order valence-electron chi connectivity index (χ1n) is 17.7. The number of benzene rings is 2. The zero-order valence-corrected chi connectivity index (χ0v) is 29.7. The van der Waals surface area contributed by atoms with E-state index >= 15 is 0 Å². The summed E-state index contributed by atoms with van der Waals surface area (Å²) in [6, 6.07) is 11.3. The van der Waals surface area contributed by atoms with E-state index < -0.39 is 6.04 Å².